The number of carbonyl (C=O) groups excluding carboxylic acids is 1. The van der Waals surface area contributed by atoms with Gasteiger partial charge >= 0.3 is 0 Å². The predicted molar refractivity (Wildman–Crippen MR) is 70.5 cm³/mol. The van der Waals surface area contributed by atoms with Gasteiger partial charge in [-0.15, -0.1) is 0 Å². The molecule has 0 radical (unpaired) electrons. The number of nitrogens with zero attached hydrogens (tertiary/aromatic N) is 2. The average molecular weight is 243 g/mol. The molecule has 4 nitrogen and oxygen atoms in total. The van der Waals surface area contributed by atoms with Crippen LogP contribution in [0.5, 0.6) is 0 Å². The van der Waals surface area contributed by atoms with Crippen molar-refractivity contribution in [3.05, 3.63) is 30.1 Å². The summed E-state index contributed by atoms with van der Waals surface area (Å²) in [6, 6.07) is 4.08. The number of ketones is 1. The summed E-state index contributed by atoms with van der Waals surface area (Å²) in [6.07, 6.45) is 6.30. The van der Waals surface area contributed by atoms with E-state index in [-0.39, 0.29) is 0 Å². The lowest BCUT2D eigenvalue weighted by Gasteiger charge is -2.25. The van der Waals surface area contributed by atoms with Gasteiger partial charge in [0, 0.05) is 50.3 Å². The van der Waals surface area contributed by atoms with Crippen LogP contribution in [0.25, 0.3) is 11.0 Å². The highest BCUT2D eigenvalue weighted by molar-refractivity contribution is 5.80. The van der Waals surface area contributed by atoms with E-state index >= 15 is 0 Å². The molecular formula is C14H17N3O. The zero-order valence-corrected chi connectivity index (χ0v) is 10.4. The van der Waals surface area contributed by atoms with Crippen molar-refractivity contribution in [3.8, 4) is 0 Å². The third-order valence-corrected chi connectivity index (χ3v) is 3.65. The Bertz CT molecular complexity index is 551. The molecule has 0 amide bonds. The molecule has 1 aliphatic heterocycles. The van der Waals surface area contributed by atoms with Crippen molar-refractivity contribution in [1.29, 1.82) is 0 Å². The van der Waals surface area contributed by atoms with Crippen LogP contribution in [-0.2, 0) is 11.2 Å². The predicted octanol–water partition coefficient (Wildman–Crippen LogP) is 1.77. The highest BCUT2D eigenvalue weighted by Crippen LogP contribution is 2.17. The van der Waals surface area contributed by atoms with Crippen LogP contribution in [0.2, 0.25) is 0 Å². The zero-order chi connectivity index (χ0) is 12.4. The van der Waals surface area contributed by atoms with Crippen LogP contribution in [-0.4, -0.2) is 40.3 Å². The van der Waals surface area contributed by atoms with Crippen molar-refractivity contribution < 1.29 is 4.79 Å². The Kier molecular flexibility index (Phi) is 3.11. The number of fused-ring (bicyclic) bond motifs is 1. The summed E-state index contributed by atoms with van der Waals surface area (Å²) in [5.41, 5.74) is 2.27. The van der Waals surface area contributed by atoms with E-state index in [0.717, 1.165) is 44.5 Å². The molecule has 2 aromatic rings. The van der Waals surface area contributed by atoms with Gasteiger partial charge in [-0.3, -0.25) is 4.79 Å². The van der Waals surface area contributed by atoms with Crippen molar-refractivity contribution >= 4 is 16.8 Å². The van der Waals surface area contributed by atoms with Crippen molar-refractivity contribution in [2.24, 2.45) is 0 Å². The highest BCUT2D eigenvalue weighted by atomic mass is 16.1. The fraction of sp³-hybridized carbons (Fsp3) is 0.429. The Balaban J connectivity index is 1.64. The molecule has 0 bridgehead atoms. The molecule has 94 valence electrons. The molecule has 18 heavy (non-hydrogen) atoms. The first-order valence-corrected chi connectivity index (χ1v) is 6.48. The minimum Gasteiger partial charge on any atom is -0.346 e. The Morgan fingerprint density at radius 3 is 3.00 bits per heavy atom. The van der Waals surface area contributed by atoms with Gasteiger partial charge in [-0.25, -0.2) is 4.98 Å². The summed E-state index contributed by atoms with van der Waals surface area (Å²) < 4.78 is 0. The fourth-order valence-corrected chi connectivity index (χ4v) is 2.52. The maximum atomic E-state index is 11.2. The van der Waals surface area contributed by atoms with Crippen molar-refractivity contribution in [2.45, 2.75) is 19.3 Å². The number of aromatic nitrogens is 2. The molecule has 3 rings (SSSR count). The number of rotatable bonds is 3. The maximum Gasteiger partial charge on any atom is 0.137 e. The number of hydrogen-bond acceptors (Lipinski definition) is 3. The quantitative estimate of drug-likeness (QED) is 0.893. The SMILES string of the molecule is O=C1CCN(CCc2c[nH]c3ncccc23)CC1. The maximum absolute atomic E-state index is 11.2. The van der Waals surface area contributed by atoms with E-state index in [4.69, 9.17) is 0 Å². The summed E-state index contributed by atoms with van der Waals surface area (Å²) in [7, 11) is 0. The topological polar surface area (TPSA) is 49.0 Å². The molecule has 2 aromatic heterocycles. The second kappa shape index (κ2) is 4.90. The minimum atomic E-state index is 0.405. The summed E-state index contributed by atoms with van der Waals surface area (Å²) in [4.78, 5) is 21.0. The van der Waals surface area contributed by atoms with Crippen LogP contribution in [0.15, 0.2) is 24.5 Å². The van der Waals surface area contributed by atoms with E-state index in [1.54, 1.807) is 6.20 Å². The van der Waals surface area contributed by atoms with Crippen molar-refractivity contribution in [2.75, 3.05) is 19.6 Å². The van der Waals surface area contributed by atoms with Gasteiger partial charge in [-0.1, -0.05) is 0 Å². The first-order chi connectivity index (χ1) is 8.83. The number of nitrogens with one attached hydrogen (secondary N) is 1. The molecule has 4 heteroatoms. The van der Waals surface area contributed by atoms with Gasteiger partial charge in [0.1, 0.15) is 11.4 Å². The molecule has 0 unspecified atom stereocenters. The number of hydrogen-bond donors (Lipinski definition) is 1. The number of aromatic amines is 1. The molecule has 0 spiro atoms. The van der Waals surface area contributed by atoms with Crippen molar-refractivity contribution in [3.63, 3.8) is 0 Å². The monoisotopic (exact) mass is 243 g/mol. The van der Waals surface area contributed by atoms with Gasteiger partial charge in [-0.05, 0) is 24.1 Å². The first kappa shape index (κ1) is 11.4. The average Bonchev–Trinajstić information content (AvgIpc) is 2.82. The summed E-state index contributed by atoms with van der Waals surface area (Å²) in [5, 5.41) is 1.21. The number of pyridine rings is 1. The fourth-order valence-electron chi connectivity index (χ4n) is 2.52. The first-order valence-electron chi connectivity index (χ1n) is 6.48. The van der Waals surface area contributed by atoms with E-state index < -0.39 is 0 Å². The van der Waals surface area contributed by atoms with Crippen LogP contribution >= 0.6 is 0 Å². The lowest BCUT2D eigenvalue weighted by atomic mass is 10.1. The van der Waals surface area contributed by atoms with E-state index in [1.807, 2.05) is 12.3 Å². The number of carbonyl (C=O) groups is 1. The van der Waals surface area contributed by atoms with E-state index in [1.165, 1.54) is 10.9 Å². The van der Waals surface area contributed by atoms with E-state index in [0.29, 0.717) is 5.78 Å². The van der Waals surface area contributed by atoms with E-state index in [9.17, 15) is 4.79 Å². The third-order valence-electron chi connectivity index (χ3n) is 3.65. The molecule has 3 heterocycles. The zero-order valence-electron chi connectivity index (χ0n) is 10.4. The standard InChI is InChI=1S/C14H17N3O/c18-12-4-8-17(9-5-12)7-3-11-10-16-14-13(11)2-1-6-15-14/h1-2,6,10H,3-5,7-9H2,(H,15,16). The Hall–Kier alpha value is -1.68. The van der Waals surface area contributed by atoms with Crippen LogP contribution in [0.4, 0.5) is 0 Å². The van der Waals surface area contributed by atoms with Crippen LogP contribution in [0.3, 0.4) is 0 Å². The molecule has 1 N–H and O–H groups in total. The number of piperidine rings is 1. The third kappa shape index (κ3) is 2.29. The van der Waals surface area contributed by atoms with Crippen molar-refractivity contribution in [1.82, 2.24) is 14.9 Å². The lowest BCUT2D eigenvalue weighted by Crippen LogP contribution is -2.35. The summed E-state index contributed by atoms with van der Waals surface area (Å²) in [6.45, 7) is 2.86. The summed E-state index contributed by atoms with van der Waals surface area (Å²) in [5.74, 6) is 0.405. The highest BCUT2D eigenvalue weighted by Gasteiger charge is 2.16. The van der Waals surface area contributed by atoms with Crippen LogP contribution in [0, 0.1) is 0 Å². The smallest absolute Gasteiger partial charge is 0.137 e. The van der Waals surface area contributed by atoms with Crippen LogP contribution < -0.4 is 0 Å². The van der Waals surface area contributed by atoms with Gasteiger partial charge in [0.2, 0.25) is 0 Å². The molecule has 0 saturated carbocycles. The normalized spacial score (nSPS) is 17.4. The number of H-pyrrole nitrogens is 1. The van der Waals surface area contributed by atoms with E-state index in [2.05, 4.69) is 20.9 Å². The Morgan fingerprint density at radius 1 is 1.33 bits per heavy atom. The molecule has 0 atom stereocenters. The summed E-state index contributed by atoms with van der Waals surface area (Å²) >= 11 is 0. The Labute approximate surface area is 106 Å². The van der Waals surface area contributed by atoms with Gasteiger partial charge in [0.25, 0.3) is 0 Å². The minimum absolute atomic E-state index is 0.405. The molecule has 1 aliphatic rings. The lowest BCUT2D eigenvalue weighted by molar-refractivity contribution is -0.121. The van der Waals surface area contributed by atoms with Gasteiger partial charge < -0.3 is 9.88 Å². The number of likely N-dealkylation sites (tertiary alicyclic amines) is 1. The van der Waals surface area contributed by atoms with Gasteiger partial charge in [0.15, 0.2) is 0 Å². The molecule has 0 aromatic carbocycles. The molecular weight excluding hydrogens is 226 g/mol. The van der Waals surface area contributed by atoms with Gasteiger partial charge in [-0.2, -0.15) is 0 Å². The number of Topliss-reactive ketones (excluding diaryl/α,β-unsaturated/α-hetero) is 1. The molecule has 1 fully saturated rings. The second-order valence-corrected chi connectivity index (χ2v) is 4.84. The molecule has 0 aliphatic carbocycles. The molecule has 1 saturated heterocycles. The van der Waals surface area contributed by atoms with Crippen LogP contribution in [0.1, 0.15) is 18.4 Å². The largest absolute Gasteiger partial charge is 0.346 e. The second-order valence-electron chi connectivity index (χ2n) is 4.84. The van der Waals surface area contributed by atoms with Gasteiger partial charge in [0.05, 0.1) is 0 Å². The Morgan fingerprint density at radius 2 is 2.17 bits per heavy atom.